The Balaban J connectivity index is 1.61. The molecule has 0 saturated carbocycles. The number of likely N-dealkylation sites (tertiary alicyclic amines) is 1. The van der Waals surface area contributed by atoms with Gasteiger partial charge in [-0.05, 0) is 50.6 Å². The summed E-state index contributed by atoms with van der Waals surface area (Å²) in [7, 11) is 0. The first-order valence-electron chi connectivity index (χ1n) is 7.75. The highest BCUT2D eigenvalue weighted by Gasteiger charge is 2.21. The van der Waals surface area contributed by atoms with E-state index in [1.807, 2.05) is 0 Å². The number of amides is 1. The molecular weight excluding hydrogens is 332 g/mol. The molecule has 23 heavy (non-hydrogen) atoms. The Bertz CT molecular complexity index is 673. The standard InChI is InChI=1S/C16H19ClN4OS/c1-11-4-2-3-9-21(11)10-14-19-20-16(23-14)15(22)18-13-7-5-12(17)6-8-13/h5-8,11H,2-4,9-10H2,1H3,(H,18,22)/t11-/m1/s1. The largest absolute Gasteiger partial charge is 0.320 e. The number of hydrogen-bond acceptors (Lipinski definition) is 5. The summed E-state index contributed by atoms with van der Waals surface area (Å²) >= 11 is 7.19. The van der Waals surface area contributed by atoms with E-state index in [4.69, 9.17) is 11.6 Å². The summed E-state index contributed by atoms with van der Waals surface area (Å²) in [6.45, 7) is 4.11. The second-order valence-corrected chi connectivity index (χ2v) is 7.28. The van der Waals surface area contributed by atoms with Crippen molar-refractivity contribution in [3.05, 3.63) is 39.3 Å². The van der Waals surface area contributed by atoms with Crippen molar-refractivity contribution in [1.82, 2.24) is 15.1 Å². The van der Waals surface area contributed by atoms with Gasteiger partial charge < -0.3 is 5.32 Å². The molecule has 1 aromatic carbocycles. The van der Waals surface area contributed by atoms with Crippen molar-refractivity contribution < 1.29 is 4.79 Å². The number of carbonyl (C=O) groups excluding carboxylic acids is 1. The van der Waals surface area contributed by atoms with Crippen LogP contribution in [0.2, 0.25) is 5.02 Å². The van der Waals surface area contributed by atoms with E-state index in [9.17, 15) is 4.79 Å². The molecule has 5 nitrogen and oxygen atoms in total. The van der Waals surface area contributed by atoms with Gasteiger partial charge in [0.15, 0.2) is 0 Å². The zero-order chi connectivity index (χ0) is 16.2. The molecule has 1 N–H and O–H groups in total. The minimum absolute atomic E-state index is 0.234. The van der Waals surface area contributed by atoms with Gasteiger partial charge in [0.05, 0.1) is 6.54 Å². The summed E-state index contributed by atoms with van der Waals surface area (Å²) in [6, 6.07) is 7.56. The van der Waals surface area contributed by atoms with Crippen LogP contribution in [-0.4, -0.2) is 33.6 Å². The minimum Gasteiger partial charge on any atom is -0.320 e. The SMILES string of the molecule is C[C@@H]1CCCCN1Cc1nnc(C(=O)Nc2ccc(Cl)cc2)s1. The monoisotopic (exact) mass is 350 g/mol. The molecule has 2 heterocycles. The summed E-state index contributed by atoms with van der Waals surface area (Å²) in [5.41, 5.74) is 0.695. The van der Waals surface area contributed by atoms with Gasteiger partial charge in [-0.3, -0.25) is 9.69 Å². The summed E-state index contributed by atoms with van der Waals surface area (Å²) in [5.74, 6) is -0.234. The van der Waals surface area contributed by atoms with Crippen LogP contribution in [0.25, 0.3) is 0 Å². The number of hydrogen-bond donors (Lipinski definition) is 1. The number of piperidine rings is 1. The lowest BCUT2D eigenvalue weighted by atomic mass is 10.0. The van der Waals surface area contributed by atoms with E-state index in [0.717, 1.165) is 18.1 Å². The zero-order valence-electron chi connectivity index (χ0n) is 13.0. The average Bonchev–Trinajstić information content (AvgIpc) is 3.01. The van der Waals surface area contributed by atoms with Crippen LogP contribution >= 0.6 is 22.9 Å². The maximum Gasteiger partial charge on any atom is 0.286 e. The van der Waals surface area contributed by atoms with Crippen LogP contribution in [0, 0.1) is 0 Å². The Kier molecular flexibility index (Phi) is 5.25. The molecule has 0 spiro atoms. The third kappa shape index (κ3) is 4.28. The Hall–Kier alpha value is -1.50. The number of anilines is 1. The number of nitrogens with zero attached hydrogens (tertiary/aromatic N) is 3. The quantitative estimate of drug-likeness (QED) is 0.910. The Morgan fingerprint density at radius 2 is 2.13 bits per heavy atom. The van der Waals surface area contributed by atoms with Gasteiger partial charge in [-0.15, -0.1) is 10.2 Å². The van der Waals surface area contributed by atoms with Gasteiger partial charge in [-0.1, -0.05) is 29.4 Å². The fourth-order valence-corrected chi connectivity index (χ4v) is 3.58. The van der Waals surface area contributed by atoms with E-state index in [2.05, 4.69) is 27.3 Å². The summed E-state index contributed by atoms with van der Waals surface area (Å²) in [6.07, 6.45) is 3.75. The molecule has 0 radical (unpaired) electrons. The van der Waals surface area contributed by atoms with Gasteiger partial charge in [0, 0.05) is 16.8 Å². The van der Waals surface area contributed by atoms with Crippen molar-refractivity contribution >= 4 is 34.5 Å². The summed E-state index contributed by atoms with van der Waals surface area (Å²) in [4.78, 5) is 14.6. The molecule has 1 saturated heterocycles. The van der Waals surface area contributed by atoms with Crippen molar-refractivity contribution in [2.45, 2.75) is 38.8 Å². The summed E-state index contributed by atoms with van der Waals surface area (Å²) < 4.78 is 0. The van der Waals surface area contributed by atoms with Gasteiger partial charge in [0.1, 0.15) is 5.01 Å². The number of nitrogens with one attached hydrogen (secondary N) is 1. The lowest BCUT2D eigenvalue weighted by Crippen LogP contribution is -2.36. The van der Waals surface area contributed by atoms with Crippen LogP contribution in [0.3, 0.4) is 0 Å². The maximum atomic E-state index is 12.2. The van der Waals surface area contributed by atoms with Crippen molar-refractivity contribution in [1.29, 1.82) is 0 Å². The van der Waals surface area contributed by atoms with Crippen LogP contribution in [0.5, 0.6) is 0 Å². The normalized spacial score (nSPS) is 18.8. The molecular formula is C16H19ClN4OS. The van der Waals surface area contributed by atoms with E-state index in [1.54, 1.807) is 24.3 Å². The fourth-order valence-electron chi connectivity index (χ4n) is 2.69. The second-order valence-electron chi connectivity index (χ2n) is 5.78. The van der Waals surface area contributed by atoms with Crippen LogP contribution in [-0.2, 0) is 6.54 Å². The molecule has 3 rings (SSSR count). The highest BCUT2D eigenvalue weighted by molar-refractivity contribution is 7.13. The number of aromatic nitrogens is 2. The molecule has 0 aliphatic carbocycles. The van der Waals surface area contributed by atoms with Crippen molar-refractivity contribution in [2.75, 3.05) is 11.9 Å². The third-order valence-electron chi connectivity index (χ3n) is 4.04. The van der Waals surface area contributed by atoms with Gasteiger partial charge in [-0.25, -0.2) is 0 Å². The first-order valence-corrected chi connectivity index (χ1v) is 8.94. The summed E-state index contributed by atoms with van der Waals surface area (Å²) in [5, 5.41) is 12.9. The molecule has 1 fully saturated rings. The van der Waals surface area contributed by atoms with Gasteiger partial charge >= 0.3 is 0 Å². The lowest BCUT2D eigenvalue weighted by molar-refractivity contribution is 0.102. The Labute approximate surface area is 144 Å². The third-order valence-corrected chi connectivity index (χ3v) is 5.20. The van der Waals surface area contributed by atoms with Gasteiger partial charge in [0.25, 0.3) is 5.91 Å². The smallest absolute Gasteiger partial charge is 0.286 e. The van der Waals surface area contributed by atoms with E-state index in [1.165, 1.54) is 30.6 Å². The first-order chi connectivity index (χ1) is 11.1. The topological polar surface area (TPSA) is 58.1 Å². The Morgan fingerprint density at radius 1 is 1.35 bits per heavy atom. The molecule has 1 atom stereocenters. The highest BCUT2D eigenvalue weighted by Crippen LogP contribution is 2.21. The first kappa shape index (κ1) is 16.4. The van der Waals surface area contributed by atoms with Crippen LogP contribution in [0.15, 0.2) is 24.3 Å². The number of rotatable bonds is 4. The molecule has 1 aromatic heterocycles. The van der Waals surface area contributed by atoms with Gasteiger partial charge in [-0.2, -0.15) is 0 Å². The van der Waals surface area contributed by atoms with E-state index in [-0.39, 0.29) is 5.91 Å². The molecule has 7 heteroatoms. The Morgan fingerprint density at radius 3 is 2.87 bits per heavy atom. The average molecular weight is 351 g/mol. The molecule has 0 bridgehead atoms. The maximum absolute atomic E-state index is 12.2. The van der Waals surface area contributed by atoms with Crippen LogP contribution in [0.4, 0.5) is 5.69 Å². The zero-order valence-corrected chi connectivity index (χ0v) is 14.5. The molecule has 1 aliphatic heterocycles. The highest BCUT2D eigenvalue weighted by atomic mass is 35.5. The van der Waals surface area contributed by atoms with Crippen molar-refractivity contribution in [2.24, 2.45) is 0 Å². The van der Waals surface area contributed by atoms with E-state index in [0.29, 0.717) is 21.8 Å². The van der Waals surface area contributed by atoms with Crippen LogP contribution < -0.4 is 5.32 Å². The molecule has 1 amide bonds. The van der Waals surface area contributed by atoms with E-state index >= 15 is 0 Å². The molecule has 2 aromatic rings. The number of benzene rings is 1. The molecule has 1 aliphatic rings. The lowest BCUT2D eigenvalue weighted by Gasteiger charge is -2.32. The predicted molar refractivity (Wildman–Crippen MR) is 93.0 cm³/mol. The number of halogens is 1. The second kappa shape index (κ2) is 7.38. The number of carbonyl (C=O) groups is 1. The molecule has 122 valence electrons. The van der Waals surface area contributed by atoms with Gasteiger partial charge in [0.2, 0.25) is 5.01 Å². The van der Waals surface area contributed by atoms with Crippen molar-refractivity contribution in [3.8, 4) is 0 Å². The molecule has 0 unspecified atom stereocenters. The van der Waals surface area contributed by atoms with Crippen LogP contribution in [0.1, 0.15) is 41.0 Å². The fraction of sp³-hybridized carbons (Fsp3) is 0.438. The van der Waals surface area contributed by atoms with E-state index < -0.39 is 0 Å². The minimum atomic E-state index is -0.234. The van der Waals surface area contributed by atoms with Crippen molar-refractivity contribution in [3.63, 3.8) is 0 Å². The predicted octanol–water partition coefficient (Wildman–Crippen LogP) is 3.82.